The Morgan fingerprint density at radius 2 is 1.72 bits per heavy atom. The molecule has 0 aliphatic carbocycles. The average Bonchev–Trinajstić information content (AvgIpc) is 3.01. The maximum atomic E-state index is 13.0. The highest BCUT2D eigenvalue weighted by Crippen LogP contribution is 2.28. The normalized spacial score (nSPS) is 11.9. The number of hydrogen-bond donors (Lipinski definition) is 1. The monoisotopic (exact) mass is 431 g/mol. The lowest BCUT2D eigenvalue weighted by molar-refractivity contribution is 0.102. The zero-order chi connectivity index (χ0) is 21.5. The van der Waals surface area contributed by atoms with E-state index in [2.05, 4.69) is 11.1 Å². The van der Waals surface area contributed by atoms with Crippen LogP contribution in [-0.2, 0) is 16.6 Å². The molecule has 2 aromatic carbocycles. The molecule has 0 bridgehead atoms. The van der Waals surface area contributed by atoms with Crippen LogP contribution in [0.25, 0.3) is 11.0 Å². The first-order valence-corrected chi connectivity index (χ1v) is 11.8. The van der Waals surface area contributed by atoms with Crippen molar-refractivity contribution in [3.63, 3.8) is 0 Å². The first kappa shape index (κ1) is 21.5. The summed E-state index contributed by atoms with van der Waals surface area (Å²) >= 11 is 1.36. The van der Waals surface area contributed by atoms with Crippen molar-refractivity contribution in [2.75, 3.05) is 5.75 Å². The number of sulfonamides is 1. The molecule has 6 nitrogen and oxygen atoms in total. The summed E-state index contributed by atoms with van der Waals surface area (Å²) in [6, 6.07) is 6.76. The quantitative estimate of drug-likeness (QED) is 0.472. The van der Waals surface area contributed by atoms with Crippen molar-refractivity contribution >= 4 is 38.6 Å². The van der Waals surface area contributed by atoms with Gasteiger partial charge >= 0.3 is 0 Å². The molecule has 3 rings (SSSR count). The number of thioether (sulfide) groups is 1. The van der Waals surface area contributed by atoms with Gasteiger partial charge in [-0.2, -0.15) is 0 Å². The zero-order valence-corrected chi connectivity index (χ0v) is 18.9. The SMILES string of the molecule is CCn1c(SCC(=O)c2c(C)c(C)cc(C)c2C)nc2cc(S(N)(=O)=O)ccc21. The number of carbonyl (C=O) groups excluding carboxylic acids is 1. The number of fused-ring (bicyclic) bond motifs is 1. The fraction of sp³-hybridized carbons (Fsp3) is 0.333. The van der Waals surface area contributed by atoms with Crippen LogP contribution in [0.5, 0.6) is 0 Å². The second-order valence-electron chi connectivity index (χ2n) is 7.18. The van der Waals surface area contributed by atoms with Crippen LogP contribution >= 0.6 is 11.8 Å². The molecule has 0 fully saturated rings. The maximum absolute atomic E-state index is 13.0. The Kier molecular flexibility index (Phi) is 5.89. The van der Waals surface area contributed by atoms with Gasteiger partial charge < -0.3 is 4.57 Å². The van der Waals surface area contributed by atoms with Gasteiger partial charge in [-0.25, -0.2) is 18.5 Å². The number of benzene rings is 2. The first-order chi connectivity index (χ1) is 13.5. The third-order valence-corrected chi connectivity index (χ3v) is 7.19. The van der Waals surface area contributed by atoms with Gasteiger partial charge in [-0.05, 0) is 75.1 Å². The first-order valence-electron chi connectivity index (χ1n) is 9.31. The summed E-state index contributed by atoms with van der Waals surface area (Å²) in [7, 11) is -3.79. The van der Waals surface area contributed by atoms with Gasteiger partial charge in [0.05, 0.1) is 21.7 Å². The van der Waals surface area contributed by atoms with Gasteiger partial charge in [-0.1, -0.05) is 17.8 Å². The molecule has 0 radical (unpaired) electrons. The van der Waals surface area contributed by atoms with E-state index in [0.717, 1.165) is 33.3 Å². The molecule has 0 spiro atoms. The highest BCUT2D eigenvalue weighted by molar-refractivity contribution is 7.99. The number of rotatable bonds is 6. The number of aryl methyl sites for hydroxylation is 3. The lowest BCUT2D eigenvalue weighted by atomic mass is 9.92. The van der Waals surface area contributed by atoms with E-state index >= 15 is 0 Å². The molecule has 29 heavy (non-hydrogen) atoms. The molecular formula is C21H25N3O3S2. The molecule has 8 heteroatoms. The Labute approximate surface area is 175 Å². The smallest absolute Gasteiger partial charge is 0.238 e. The summed E-state index contributed by atoms with van der Waals surface area (Å²) in [5.41, 5.74) is 6.39. The summed E-state index contributed by atoms with van der Waals surface area (Å²) in [4.78, 5) is 17.6. The summed E-state index contributed by atoms with van der Waals surface area (Å²) in [6.07, 6.45) is 0. The molecule has 3 aromatic rings. The molecule has 1 heterocycles. The van der Waals surface area contributed by atoms with E-state index in [4.69, 9.17) is 5.14 Å². The molecule has 1 aromatic heterocycles. The lowest BCUT2D eigenvalue weighted by Crippen LogP contribution is -2.11. The average molecular weight is 432 g/mol. The van der Waals surface area contributed by atoms with Crippen LogP contribution in [0.1, 0.15) is 39.5 Å². The second-order valence-corrected chi connectivity index (χ2v) is 9.69. The number of ketones is 1. The fourth-order valence-electron chi connectivity index (χ4n) is 3.52. The number of nitrogens with two attached hydrogens (primary N) is 1. The number of aromatic nitrogens is 2. The van der Waals surface area contributed by atoms with Crippen LogP contribution in [0.4, 0.5) is 0 Å². The Bertz CT molecular complexity index is 1200. The van der Waals surface area contributed by atoms with Crippen LogP contribution in [-0.4, -0.2) is 29.5 Å². The predicted molar refractivity (Wildman–Crippen MR) is 117 cm³/mol. The van der Waals surface area contributed by atoms with E-state index in [1.54, 1.807) is 6.07 Å². The number of hydrogen-bond acceptors (Lipinski definition) is 5. The third-order valence-electron chi connectivity index (χ3n) is 5.31. The number of carbonyl (C=O) groups is 1. The van der Waals surface area contributed by atoms with E-state index in [0.29, 0.717) is 17.2 Å². The van der Waals surface area contributed by atoms with Crippen molar-refractivity contribution in [2.45, 2.75) is 51.2 Å². The number of primary sulfonamides is 1. The third kappa shape index (κ3) is 4.10. The fourth-order valence-corrected chi connectivity index (χ4v) is 5.00. The van der Waals surface area contributed by atoms with Crippen molar-refractivity contribution < 1.29 is 13.2 Å². The van der Waals surface area contributed by atoms with E-state index in [1.165, 1.54) is 23.9 Å². The molecule has 0 unspecified atom stereocenters. The van der Waals surface area contributed by atoms with Crippen LogP contribution < -0.4 is 5.14 Å². The summed E-state index contributed by atoms with van der Waals surface area (Å²) in [6.45, 7) is 10.6. The summed E-state index contributed by atoms with van der Waals surface area (Å²) < 4.78 is 25.2. The summed E-state index contributed by atoms with van der Waals surface area (Å²) in [5.74, 6) is 0.326. The van der Waals surface area contributed by atoms with E-state index in [1.807, 2.05) is 39.2 Å². The van der Waals surface area contributed by atoms with Gasteiger partial charge in [0.1, 0.15) is 0 Å². The molecule has 0 atom stereocenters. The van der Waals surface area contributed by atoms with Gasteiger partial charge in [0.25, 0.3) is 0 Å². The van der Waals surface area contributed by atoms with Crippen molar-refractivity contribution in [3.8, 4) is 0 Å². The Balaban J connectivity index is 1.94. The predicted octanol–water partition coefficient (Wildman–Crippen LogP) is 3.91. The van der Waals surface area contributed by atoms with Crippen molar-refractivity contribution in [3.05, 3.63) is 52.1 Å². The molecule has 0 aliphatic heterocycles. The summed E-state index contributed by atoms with van der Waals surface area (Å²) in [5, 5.41) is 5.91. The van der Waals surface area contributed by atoms with Gasteiger partial charge in [0, 0.05) is 12.1 Å². The van der Waals surface area contributed by atoms with E-state index < -0.39 is 10.0 Å². The molecule has 0 aliphatic rings. The molecule has 0 amide bonds. The maximum Gasteiger partial charge on any atom is 0.238 e. The van der Waals surface area contributed by atoms with Crippen LogP contribution in [0, 0.1) is 27.7 Å². The largest absolute Gasteiger partial charge is 0.319 e. The topological polar surface area (TPSA) is 95.0 Å². The minimum atomic E-state index is -3.79. The van der Waals surface area contributed by atoms with Gasteiger partial charge in [-0.15, -0.1) is 0 Å². The molecule has 154 valence electrons. The molecule has 0 saturated carbocycles. The van der Waals surface area contributed by atoms with Gasteiger partial charge in [0.15, 0.2) is 10.9 Å². The van der Waals surface area contributed by atoms with E-state index in [9.17, 15) is 13.2 Å². The number of Topliss-reactive ketones (excluding diaryl/α,β-unsaturated/α-hetero) is 1. The second kappa shape index (κ2) is 7.93. The minimum Gasteiger partial charge on any atom is -0.319 e. The van der Waals surface area contributed by atoms with Gasteiger partial charge in [0.2, 0.25) is 10.0 Å². The highest BCUT2D eigenvalue weighted by atomic mass is 32.2. The van der Waals surface area contributed by atoms with Crippen LogP contribution in [0.2, 0.25) is 0 Å². The zero-order valence-electron chi connectivity index (χ0n) is 17.2. The number of imidazole rings is 1. The molecule has 0 saturated heterocycles. The highest BCUT2D eigenvalue weighted by Gasteiger charge is 2.19. The van der Waals surface area contributed by atoms with E-state index in [-0.39, 0.29) is 16.4 Å². The lowest BCUT2D eigenvalue weighted by Gasteiger charge is -2.14. The van der Waals surface area contributed by atoms with Crippen molar-refractivity contribution in [1.82, 2.24) is 9.55 Å². The molecule has 2 N–H and O–H groups in total. The molecular weight excluding hydrogens is 406 g/mol. The van der Waals surface area contributed by atoms with Gasteiger partial charge in [-0.3, -0.25) is 4.79 Å². The van der Waals surface area contributed by atoms with Crippen LogP contribution in [0.3, 0.4) is 0 Å². The van der Waals surface area contributed by atoms with Crippen molar-refractivity contribution in [1.29, 1.82) is 0 Å². The Hall–Kier alpha value is -2.16. The Morgan fingerprint density at radius 3 is 2.28 bits per heavy atom. The van der Waals surface area contributed by atoms with Crippen LogP contribution in [0.15, 0.2) is 34.3 Å². The number of nitrogens with zero attached hydrogens (tertiary/aromatic N) is 2. The van der Waals surface area contributed by atoms with Crippen molar-refractivity contribution in [2.24, 2.45) is 5.14 Å². The standard InChI is InChI=1S/C21H25N3O3S2/c1-6-24-18-8-7-16(29(22,26)27)10-17(18)23-21(24)28-11-19(25)20-14(4)12(2)9-13(3)15(20)5/h7-10H,6,11H2,1-5H3,(H2,22,26,27). The minimum absolute atomic E-state index is 0.0277. The Morgan fingerprint density at radius 1 is 1.10 bits per heavy atom.